The lowest BCUT2D eigenvalue weighted by atomic mass is 10.1. The van der Waals surface area contributed by atoms with Gasteiger partial charge in [0, 0.05) is 35.2 Å². The second kappa shape index (κ2) is 7.78. The van der Waals surface area contributed by atoms with Gasteiger partial charge in [0.25, 0.3) is 0 Å². The normalized spacial score (nSPS) is 10.4. The average Bonchev–Trinajstić information content (AvgIpc) is 2.63. The van der Waals surface area contributed by atoms with Crippen molar-refractivity contribution in [1.29, 1.82) is 0 Å². The van der Waals surface area contributed by atoms with Gasteiger partial charge in [0.1, 0.15) is 5.82 Å². The first-order valence-electron chi connectivity index (χ1n) is 8.63. The second-order valence-electron chi connectivity index (χ2n) is 6.03. The molecule has 0 saturated carbocycles. The summed E-state index contributed by atoms with van der Waals surface area (Å²) in [5, 5.41) is 3.22. The number of hydrogen-bond donors (Lipinski definition) is 1. The van der Waals surface area contributed by atoms with Crippen LogP contribution in [-0.2, 0) is 0 Å². The van der Waals surface area contributed by atoms with Crippen LogP contribution in [0.3, 0.4) is 0 Å². The Morgan fingerprint density at radius 1 is 1.04 bits per heavy atom. The van der Waals surface area contributed by atoms with Gasteiger partial charge in [-0.05, 0) is 57.2 Å². The summed E-state index contributed by atoms with van der Waals surface area (Å²) in [6, 6.07) is 19.4. The largest absolute Gasteiger partial charge is 0.326 e. The summed E-state index contributed by atoms with van der Waals surface area (Å²) >= 11 is 0. The first-order valence-corrected chi connectivity index (χ1v) is 8.63. The number of benzene rings is 2. The monoisotopic (exact) mass is 346 g/mol. The Hall–Kier alpha value is -3.21. The zero-order valence-corrected chi connectivity index (χ0v) is 15.2. The van der Waals surface area contributed by atoms with E-state index in [2.05, 4.69) is 39.2 Å². The molecule has 0 spiro atoms. The highest BCUT2D eigenvalue weighted by atomic mass is 16.1. The smallest absolute Gasteiger partial charge is 0.229 e. The number of hydrogen-bond acceptors (Lipinski definition) is 5. The van der Waals surface area contributed by atoms with Gasteiger partial charge in [-0.2, -0.15) is 4.98 Å². The van der Waals surface area contributed by atoms with Gasteiger partial charge in [-0.25, -0.2) is 4.98 Å². The molecule has 0 amide bonds. The molecule has 0 unspecified atom stereocenters. The quantitative estimate of drug-likeness (QED) is 0.644. The summed E-state index contributed by atoms with van der Waals surface area (Å²) in [6.45, 7) is 6.40. The van der Waals surface area contributed by atoms with Crippen molar-refractivity contribution in [3.63, 3.8) is 0 Å². The van der Waals surface area contributed by atoms with Gasteiger partial charge in [0.2, 0.25) is 5.95 Å². The fraction of sp³-hybridized carbons (Fsp3) is 0.190. The number of carbonyl (C=O) groups excluding carboxylic acids is 1. The molecule has 1 aromatic heterocycles. The molecule has 0 atom stereocenters. The van der Waals surface area contributed by atoms with Crippen LogP contribution in [0.2, 0.25) is 0 Å². The molecular formula is C21H22N4O. The summed E-state index contributed by atoms with van der Waals surface area (Å²) in [6.07, 6.45) is 0. The van der Waals surface area contributed by atoms with Crippen LogP contribution >= 0.6 is 0 Å². The number of anilines is 4. The Morgan fingerprint density at radius 2 is 1.73 bits per heavy atom. The van der Waals surface area contributed by atoms with Crippen molar-refractivity contribution < 1.29 is 4.79 Å². The number of nitrogens with one attached hydrogen (secondary N) is 1. The summed E-state index contributed by atoms with van der Waals surface area (Å²) < 4.78 is 0. The highest BCUT2D eigenvalue weighted by Crippen LogP contribution is 2.25. The molecule has 0 aliphatic heterocycles. The van der Waals surface area contributed by atoms with Crippen LogP contribution in [-0.4, -0.2) is 22.3 Å². The predicted molar refractivity (Wildman–Crippen MR) is 106 cm³/mol. The lowest BCUT2D eigenvalue weighted by Gasteiger charge is -2.23. The summed E-state index contributed by atoms with van der Waals surface area (Å²) in [5.74, 6) is 1.42. The van der Waals surface area contributed by atoms with Gasteiger partial charge in [0.05, 0.1) is 0 Å². The fourth-order valence-corrected chi connectivity index (χ4v) is 2.75. The van der Waals surface area contributed by atoms with Crippen LogP contribution in [0.15, 0.2) is 60.7 Å². The van der Waals surface area contributed by atoms with E-state index >= 15 is 0 Å². The number of para-hydroxylation sites is 1. The van der Waals surface area contributed by atoms with E-state index in [0.29, 0.717) is 11.5 Å². The Labute approximate surface area is 153 Å². The van der Waals surface area contributed by atoms with Gasteiger partial charge in [0.15, 0.2) is 5.78 Å². The van der Waals surface area contributed by atoms with Crippen LogP contribution in [0.5, 0.6) is 0 Å². The third-order valence-electron chi connectivity index (χ3n) is 4.05. The van der Waals surface area contributed by atoms with Crippen molar-refractivity contribution >= 4 is 28.9 Å². The molecule has 0 aliphatic rings. The highest BCUT2D eigenvalue weighted by Gasteiger charge is 2.11. The topological polar surface area (TPSA) is 58.1 Å². The molecule has 0 saturated heterocycles. The van der Waals surface area contributed by atoms with Crippen molar-refractivity contribution in [3.05, 3.63) is 71.9 Å². The second-order valence-corrected chi connectivity index (χ2v) is 6.03. The number of nitrogens with zero attached hydrogens (tertiary/aromatic N) is 3. The molecule has 0 bridgehead atoms. The Kier molecular flexibility index (Phi) is 5.27. The molecule has 0 aliphatic carbocycles. The summed E-state index contributed by atoms with van der Waals surface area (Å²) in [4.78, 5) is 22.7. The summed E-state index contributed by atoms with van der Waals surface area (Å²) in [5.41, 5.74) is 3.49. The number of Topliss-reactive ketones (excluding diaryl/α,β-unsaturated/α-hetero) is 1. The van der Waals surface area contributed by atoms with Crippen molar-refractivity contribution in [2.24, 2.45) is 0 Å². The van der Waals surface area contributed by atoms with Gasteiger partial charge in [-0.1, -0.05) is 18.2 Å². The van der Waals surface area contributed by atoms with E-state index in [1.165, 1.54) is 0 Å². The minimum Gasteiger partial charge on any atom is -0.326 e. The van der Waals surface area contributed by atoms with Gasteiger partial charge >= 0.3 is 0 Å². The Bertz CT molecular complexity index is 892. The van der Waals surface area contributed by atoms with Gasteiger partial charge < -0.3 is 10.2 Å². The van der Waals surface area contributed by atoms with Crippen LogP contribution < -0.4 is 10.2 Å². The van der Waals surface area contributed by atoms with Crippen molar-refractivity contribution in [2.75, 3.05) is 16.8 Å². The molecule has 3 rings (SSSR count). The lowest BCUT2D eigenvalue weighted by molar-refractivity contribution is 0.101. The molecule has 5 nitrogen and oxygen atoms in total. The van der Waals surface area contributed by atoms with Gasteiger partial charge in [-0.15, -0.1) is 0 Å². The number of aryl methyl sites for hydroxylation is 1. The van der Waals surface area contributed by atoms with E-state index in [0.717, 1.165) is 29.4 Å². The third kappa shape index (κ3) is 4.06. The molecule has 132 valence electrons. The molecular weight excluding hydrogens is 324 g/mol. The minimum atomic E-state index is 0.0482. The van der Waals surface area contributed by atoms with E-state index in [1.807, 2.05) is 43.3 Å². The highest BCUT2D eigenvalue weighted by molar-refractivity contribution is 5.94. The number of aromatic nitrogens is 2. The Balaban J connectivity index is 1.88. The van der Waals surface area contributed by atoms with E-state index in [4.69, 9.17) is 0 Å². The lowest BCUT2D eigenvalue weighted by Crippen LogP contribution is -2.18. The first-order chi connectivity index (χ1) is 12.6. The first kappa shape index (κ1) is 17.6. The number of ketones is 1. The molecule has 1 heterocycles. The standard InChI is InChI=1S/C21H22N4O/c1-4-25(19-8-6-5-7-9-19)20-14-15(2)22-21(24-20)23-18-12-10-17(11-13-18)16(3)26/h5-14H,4H2,1-3H3,(H,22,23,24). The maximum atomic E-state index is 11.4. The zero-order valence-electron chi connectivity index (χ0n) is 15.2. The molecule has 2 aromatic carbocycles. The fourth-order valence-electron chi connectivity index (χ4n) is 2.75. The van der Waals surface area contributed by atoms with Crippen LogP contribution in [0.25, 0.3) is 0 Å². The molecule has 1 N–H and O–H groups in total. The van der Waals surface area contributed by atoms with E-state index in [9.17, 15) is 4.79 Å². The molecule has 0 radical (unpaired) electrons. The maximum Gasteiger partial charge on any atom is 0.229 e. The average molecular weight is 346 g/mol. The summed E-state index contributed by atoms with van der Waals surface area (Å²) in [7, 11) is 0. The molecule has 26 heavy (non-hydrogen) atoms. The van der Waals surface area contributed by atoms with E-state index < -0.39 is 0 Å². The predicted octanol–water partition coefficient (Wildman–Crippen LogP) is 4.89. The minimum absolute atomic E-state index is 0.0482. The van der Waals surface area contributed by atoms with Crippen LogP contribution in [0.1, 0.15) is 29.9 Å². The molecule has 0 fully saturated rings. The van der Waals surface area contributed by atoms with E-state index in [1.54, 1.807) is 19.1 Å². The van der Waals surface area contributed by atoms with Gasteiger partial charge in [-0.3, -0.25) is 4.79 Å². The van der Waals surface area contributed by atoms with Crippen LogP contribution in [0, 0.1) is 6.92 Å². The van der Waals surface area contributed by atoms with Crippen molar-refractivity contribution in [1.82, 2.24) is 9.97 Å². The van der Waals surface area contributed by atoms with E-state index in [-0.39, 0.29) is 5.78 Å². The van der Waals surface area contributed by atoms with Crippen LogP contribution in [0.4, 0.5) is 23.1 Å². The molecule has 5 heteroatoms. The zero-order chi connectivity index (χ0) is 18.5. The van der Waals surface area contributed by atoms with Crippen molar-refractivity contribution in [3.8, 4) is 0 Å². The SMILES string of the molecule is CCN(c1ccccc1)c1cc(C)nc(Nc2ccc(C(C)=O)cc2)n1. The molecule has 3 aromatic rings. The Morgan fingerprint density at radius 3 is 2.35 bits per heavy atom. The maximum absolute atomic E-state index is 11.4. The number of carbonyl (C=O) groups is 1. The van der Waals surface area contributed by atoms with Crippen molar-refractivity contribution in [2.45, 2.75) is 20.8 Å². The number of rotatable bonds is 6. The third-order valence-corrected chi connectivity index (χ3v) is 4.05.